The van der Waals surface area contributed by atoms with Crippen molar-refractivity contribution in [1.82, 2.24) is 15.5 Å². The molecule has 0 saturated heterocycles. The number of rotatable bonds is 4. The lowest BCUT2D eigenvalue weighted by Gasteiger charge is -2.19. The molecule has 132 valence electrons. The zero-order valence-electron chi connectivity index (χ0n) is 12.6. The van der Waals surface area contributed by atoms with Crippen molar-refractivity contribution in [3.05, 3.63) is 52.0 Å². The zero-order valence-corrected chi connectivity index (χ0v) is 13.4. The number of fused-ring (bicyclic) bond motifs is 1. The number of ether oxygens (including phenoxy) is 1. The summed E-state index contributed by atoms with van der Waals surface area (Å²) in [7, 11) is 0. The molecule has 10 heteroatoms. The first-order chi connectivity index (χ1) is 11.8. The van der Waals surface area contributed by atoms with Gasteiger partial charge in [0.15, 0.2) is 0 Å². The molecule has 0 unspecified atom stereocenters. The lowest BCUT2D eigenvalue weighted by Crippen LogP contribution is -2.38. The first-order valence-corrected chi connectivity index (χ1v) is 7.93. The molecule has 2 N–H and O–H groups in total. The summed E-state index contributed by atoms with van der Waals surface area (Å²) >= 11 is 1.18. The minimum Gasteiger partial charge on any atom is -0.406 e. The first-order valence-electron chi connectivity index (χ1n) is 7.11. The van der Waals surface area contributed by atoms with Crippen LogP contribution in [0.25, 0.3) is 0 Å². The highest BCUT2D eigenvalue weighted by molar-refractivity contribution is 8.07. The molecule has 25 heavy (non-hydrogen) atoms. The smallest absolute Gasteiger partial charge is 0.406 e. The summed E-state index contributed by atoms with van der Waals surface area (Å²) < 4.78 is 40.1. The highest BCUT2D eigenvalue weighted by Gasteiger charge is 2.31. The molecule has 0 fully saturated rings. The Morgan fingerprint density at radius 2 is 2.04 bits per heavy atom. The van der Waals surface area contributed by atoms with Gasteiger partial charge in [0, 0.05) is 19.3 Å². The van der Waals surface area contributed by atoms with Crippen LogP contribution in [-0.4, -0.2) is 29.7 Å². The van der Waals surface area contributed by atoms with E-state index in [4.69, 9.17) is 0 Å². The minimum atomic E-state index is -4.74. The van der Waals surface area contributed by atoms with E-state index in [1.807, 2.05) is 0 Å². The lowest BCUT2D eigenvalue weighted by atomic mass is 10.2. The fraction of sp³-hybridized carbons (Fsp3) is 0.200. The molecule has 0 aliphatic carbocycles. The van der Waals surface area contributed by atoms with Gasteiger partial charge in [-0.3, -0.25) is 9.69 Å². The van der Waals surface area contributed by atoms with Crippen molar-refractivity contribution in [1.29, 1.82) is 0 Å². The largest absolute Gasteiger partial charge is 0.573 e. The monoisotopic (exact) mass is 371 g/mol. The van der Waals surface area contributed by atoms with Crippen molar-refractivity contribution in [2.75, 3.05) is 6.54 Å². The van der Waals surface area contributed by atoms with E-state index in [9.17, 15) is 22.8 Å². The van der Waals surface area contributed by atoms with Gasteiger partial charge in [0.2, 0.25) is 0 Å². The second-order valence-corrected chi connectivity index (χ2v) is 6.13. The predicted molar refractivity (Wildman–Crippen MR) is 84.0 cm³/mol. The topological polar surface area (TPSA) is 70.7 Å². The van der Waals surface area contributed by atoms with Gasteiger partial charge < -0.3 is 15.4 Å². The summed E-state index contributed by atoms with van der Waals surface area (Å²) in [6.07, 6.45) is -1.50. The van der Waals surface area contributed by atoms with Crippen LogP contribution in [0.15, 0.2) is 46.5 Å². The molecule has 0 bridgehead atoms. The Balaban J connectivity index is 1.56. The molecule has 0 saturated carbocycles. The number of halogens is 3. The van der Waals surface area contributed by atoms with Crippen LogP contribution in [0.5, 0.6) is 5.75 Å². The van der Waals surface area contributed by atoms with Crippen molar-refractivity contribution < 1.29 is 27.5 Å². The molecule has 2 aliphatic heterocycles. The van der Waals surface area contributed by atoms with Crippen molar-refractivity contribution in [2.45, 2.75) is 12.9 Å². The number of thioether (sulfide) groups is 1. The van der Waals surface area contributed by atoms with Crippen LogP contribution in [0, 0.1) is 0 Å². The highest BCUT2D eigenvalue weighted by Crippen LogP contribution is 2.37. The number of alkyl halides is 3. The molecule has 0 spiro atoms. The van der Waals surface area contributed by atoms with Crippen LogP contribution in [-0.2, 0) is 11.3 Å². The molecule has 6 nitrogen and oxygen atoms in total. The third-order valence-electron chi connectivity index (χ3n) is 3.28. The average molecular weight is 371 g/mol. The average Bonchev–Trinajstić information content (AvgIpc) is 2.98. The van der Waals surface area contributed by atoms with E-state index in [2.05, 4.69) is 15.4 Å². The SMILES string of the molecule is O=C(NCc1ccc(OC(F)(F)F)cc1)C1=CN2C(=O)NCC=C2S1. The molecule has 2 heterocycles. The van der Waals surface area contributed by atoms with Gasteiger partial charge in [0.1, 0.15) is 5.75 Å². The Bertz CT molecular complexity index is 760. The summed E-state index contributed by atoms with van der Waals surface area (Å²) in [4.78, 5) is 25.5. The van der Waals surface area contributed by atoms with Gasteiger partial charge in [-0.15, -0.1) is 13.2 Å². The Kier molecular flexibility index (Phi) is 4.62. The van der Waals surface area contributed by atoms with Crippen molar-refractivity contribution in [3.8, 4) is 5.75 Å². The maximum absolute atomic E-state index is 12.2. The van der Waals surface area contributed by atoms with Crippen LogP contribution >= 0.6 is 11.8 Å². The normalized spacial score (nSPS) is 16.6. The quantitative estimate of drug-likeness (QED) is 0.854. The standard InChI is InChI=1S/C15H12F3N3O3S/c16-15(17,18)24-10-3-1-9(2-4-10)7-20-13(22)11-8-21-12(25-11)5-6-19-14(21)23/h1-5,8H,6-7H2,(H,19,23)(H,20,22). The van der Waals surface area contributed by atoms with Gasteiger partial charge in [-0.25, -0.2) is 4.79 Å². The highest BCUT2D eigenvalue weighted by atomic mass is 32.2. The number of nitrogens with zero attached hydrogens (tertiary/aromatic N) is 1. The molecule has 1 aromatic carbocycles. The second-order valence-electron chi connectivity index (χ2n) is 5.07. The zero-order chi connectivity index (χ0) is 18.0. The maximum atomic E-state index is 12.2. The van der Waals surface area contributed by atoms with Gasteiger partial charge in [0.25, 0.3) is 5.91 Å². The van der Waals surface area contributed by atoms with E-state index < -0.39 is 6.36 Å². The van der Waals surface area contributed by atoms with E-state index in [0.717, 1.165) is 0 Å². The predicted octanol–water partition coefficient (Wildman–Crippen LogP) is 2.66. The van der Waals surface area contributed by atoms with Crippen molar-refractivity contribution in [2.24, 2.45) is 0 Å². The minimum absolute atomic E-state index is 0.133. The third-order valence-corrected chi connectivity index (χ3v) is 4.36. The van der Waals surface area contributed by atoms with Crippen molar-refractivity contribution >= 4 is 23.7 Å². The molecule has 3 rings (SSSR count). The molecule has 0 radical (unpaired) electrons. The molecule has 0 aromatic heterocycles. The fourth-order valence-corrected chi connectivity index (χ4v) is 3.11. The molecule has 2 aliphatic rings. The number of benzene rings is 1. The first kappa shape index (κ1) is 17.2. The maximum Gasteiger partial charge on any atom is 0.573 e. The van der Waals surface area contributed by atoms with Crippen LogP contribution in [0.1, 0.15) is 5.56 Å². The molecule has 3 amide bonds. The Morgan fingerprint density at radius 1 is 1.32 bits per heavy atom. The van der Waals surface area contributed by atoms with Crippen LogP contribution in [0.2, 0.25) is 0 Å². The van der Waals surface area contributed by atoms with Gasteiger partial charge >= 0.3 is 12.4 Å². The number of carbonyl (C=O) groups is 2. The van der Waals surface area contributed by atoms with E-state index in [1.165, 1.54) is 47.1 Å². The summed E-state index contributed by atoms with van der Waals surface area (Å²) in [5.74, 6) is -0.699. The van der Waals surface area contributed by atoms with Crippen LogP contribution in [0.4, 0.5) is 18.0 Å². The van der Waals surface area contributed by atoms with Crippen LogP contribution in [0.3, 0.4) is 0 Å². The number of amides is 3. The summed E-state index contributed by atoms with van der Waals surface area (Å²) in [5.41, 5.74) is 0.612. The number of urea groups is 1. The number of hydrogen-bond donors (Lipinski definition) is 2. The van der Waals surface area contributed by atoms with Crippen LogP contribution < -0.4 is 15.4 Å². The lowest BCUT2D eigenvalue weighted by molar-refractivity contribution is -0.274. The Hall–Kier alpha value is -2.62. The van der Waals surface area contributed by atoms with Crippen molar-refractivity contribution in [3.63, 3.8) is 0 Å². The van der Waals surface area contributed by atoms with Gasteiger partial charge in [-0.2, -0.15) is 0 Å². The summed E-state index contributed by atoms with van der Waals surface area (Å²) in [6.45, 7) is 0.543. The van der Waals surface area contributed by atoms with E-state index in [0.29, 0.717) is 22.0 Å². The summed E-state index contributed by atoms with van der Waals surface area (Å²) in [6, 6.07) is 4.91. The number of carbonyl (C=O) groups excluding carboxylic acids is 2. The Labute approximate surface area is 144 Å². The number of hydrogen-bond acceptors (Lipinski definition) is 4. The van der Waals surface area contributed by atoms with Gasteiger partial charge in [-0.1, -0.05) is 23.9 Å². The van der Waals surface area contributed by atoms with E-state index in [-0.39, 0.29) is 24.2 Å². The number of nitrogens with one attached hydrogen (secondary N) is 2. The second kappa shape index (κ2) is 6.71. The van der Waals surface area contributed by atoms with E-state index >= 15 is 0 Å². The fourth-order valence-electron chi connectivity index (χ4n) is 2.16. The third kappa shape index (κ3) is 4.27. The molecule has 1 aromatic rings. The Morgan fingerprint density at radius 3 is 2.68 bits per heavy atom. The van der Waals surface area contributed by atoms with Gasteiger partial charge in [-0.05, 0) is 23.8 Å². The summed E-state index contributed by atoms with van der Waals surface area (Å²) in [5, 5.41) is 5.95. The molecular weight excluding hydrogens is 359 g/mol. The van der Waals surface area contributed by atoms with Gasteiger partial charge in [0.05, 0.1) is 9.93 Å². The molecular formula is C15H12F3N3O3S. The van der Waals surface area contributed by atoms with E-state index in [1.54, 1.807) is 6.08 Å². The molecule has 0 atom stereocenters.